The SMILES string of the molecule is COC(C)(C)C[C@@H](C)NCC(=O)NC(C)C. The van der Waals surface area contributed by atoms with Crippen molar-refractivity contribution in [1.82, 2.24) is 10.6 Å². The van der Waals surface area contributed by atoms with Crippen LogP contribution in [0, 0.1) is 0 Å². The zero-order valence-electron chi connectivity index (χ0n) is 11.4. The van der Waals surface area contributed by atoms with Crippen LogP contribution < -0.4 is 10.6 Å². The molecule has 1 amide bonds. The molecule has 0 aromatic heterocycles. The molecule has 0 bridgehead atoms. The molecule has 0 aliphatic rings. The molecule has 0 aromatic carbocycles. The Morgan fingerprint density at radius 2 is 1.88 bits per heavy atom. The van der Waals surface area contributed by atoms with Crippen LogP contribution in [0.25, 0.3) is 0 Å². The third-order valence-corrected chi connectivity index (χ3v) is 2.41. The molecule has 0 saturated carbocycles. The molecule has 2 N–H and O–H groups in total. The van der Waals surface area contributed by atoms with Crippen LogP contribution in [-0.2, 0) is 9.53 Å². The van der Waals surface area contributed by atoms with Crippen molar-refractivity contribution in [3.05, 3.63) is 0 Å². The maximum absolute atomic E-state index is 11.4. The normalized spacial score (nSPS) is 13.9. The number of rotatable bonds is 7. The van der Waals surface area contributed by atoms with Gasteiger partial charge in [-0.05, 0) is 41.0 Å². The molecule has 1 atom stereocenters. The topological polar surface area (TPSA) is 50.4 Å². The Bertz CT molecular complexity index is 215. The van der Waals surface area contributed by atoms with Crippen molar-refractivity contribution in [3.8, 4) is 0 Å². The van der Waals surface area contributed by atoms with Gasteiger partial charge in [-0.2, -0.15) is 0 Å². The van der Waals surface area contributed by atoms with E-state index in [2.05, 4.69) is 17.6 Å². The number of methoxy groups -OCH3 is 1. The van der Waals surface area contributed by atoms with Crippen LogP contribution in [0.5, 0.6) is 0 Å². The molecule has 16 heavy (non-hydrogen) atoms. The first kappa shape index (κ1) is 15.4. The molecule has 4 nitrogen and oxygen atoms in total. The largest absolute Gasteiger partial charge is 0.379 e. The number of ether oxygens (including phenoxy) is 1. The summed E-state index contributed by atoms with van der Waals surface area (Å²) in [6.07, 6.45) is 0.873. The second-order valence-electron chi connectivity index (χ2n) is 5.17. The summed E-state index contributed by atoms with van der Waals surface area (Å²) in [6.45, 7) is 10.4. The highest BCUT2D eigenvalue weighted by Gasteiger charge is 2.20. The minimum Gasteiger partial charge on any atom is -0.379 e. The third kappa shape index (κ3) is 7.65. The second-order valence-corrected chi connectivity index (χ2v) is 5.17. The van der Waals surface area contributed by atoms with Crippen LogP contribution in [0.3, 0.4) is 0 Å². The number of nitrogens with one attached hydrogen (secondary N) is 2. The molecule has 0 heterocycles. The Morgan fingerprint density at radius 1 is 1.31 bits per heavy atom. The highest BCUT2D eigenvalue weighted by Crippen LogP contribution is 2.14. The summed E-state index contributed by atoms with van der Waals surface area (Å²) in [6, 6.07) is 0.452. The summed E-state index contributed by atoms with van der Waals surface area (Å²) in [5, 5.41) is 6.03. The first-order valence-electron chi connectivity index (χ1n) is 5.84. The summed E-state index contributed by atoms with van der Waals surface area (Å²) in [4.78, 5) is 11.4. The Kier molecular flexibility index (Phi) is 6.60. The van der Waals surface area contributed by atoms with Crippen LogP contribution in [0.2, 0.25) is 0 Å². The van der Waals surface area contributed by atoms with Gasteiger partial charge in [0, 0.05) is 19.2 Å². The predicted octanol–water partition coefficient (Wildman–Crippen LogP) is 1.30. The van der Waals surface area contributed by atoms with Gasteiger partial charge in [0.25, 0.3) is 0 Å². The van der Waals surface area contributed by atoms with E-state index in [1.165, 1.54) is 0 Å². The van der Waals surface area contributed by atoms with Crippen molar-refractivity contribution < 1.29 is 9.53 Å². The van der Waals surface area contributed by atoms with E-state index >= 15 is 0 Å². The van der Waals surface area contributed by atoms with Crippen molar-refractivity contribution in [1.29, 1.82) is 0 Å². The number of carbonyl (C=O) groups excluding carboxylic acids is 1. The quantitative estimate of drug-likeness (QED) is 0.693. The first-order chi connectivity index (χ1) is 7.26. The fraction of sp³-hybridized carbons (Fsp3) is 0.917. The molecule has 0 saturated heterocycles. The number of hydrogen-bond acceptors (Lipinski definition) is 3. The van der Waals surface area contributed by atoms with Crippen molar-refractivity contribution in [3.63, 3.8) is 0 Å². The molecule has 0 fully saturated rings. The van der Waals surface area contributed by atoms with E-state index in [0.29, 0.717) is 6.54 Å². The molecule has 0 aromatic rings. The monoisotopic (exact) mass is 230 g/mol. The van der Waals surface area contributed by atoms with E-state index in [1.54, 1.807) is 7.11 Å². The fourth-order valence-corrected chi connectivity index (χ4v) is 1.53. The lowest BCUT2D eigenvalue weighted by atomic mass is 10.00. The first-order valence-corrected chi connectivity index (χ1v) is 5.84. The average molecular weight is 230 g/mol. The predicted molar refractivity (Wildman–Crippen MR) is 66.4 cm³/mol. The Balaban J connectivity index is 3.81. The van der Waals surface area contributed by atoms with Crippen LogP contribution >= 0.6 is 0 Å². The molecular weight excluding hydrogens is 204 g/mol. The molecular formula is C12H26N2O2. The van der Waals surface area contributed by atoms with Gasteiger partial charge in [-0.25, -0.2) is 0 Å². The summed E-state index contributed by atoms with van der Waals surface area (Å²) in [5.41, 5.74) is -0.152. The minimum atomic E-state index is -0.152. The van der Waals surface area contributed by atoms with E-state index in [4.69, 9.17) is 4.74 Å². The number of hydrogen-bond donors (Lipinski definition) is 2. The molecule has 0 unspecified atom stereocenters. The van der Waals surface area contributed by atoms with Crippen molar-refractivity contribution in [2.24, 2.45) is 0 Å². The second kappa shape index (κ2) is 6.86. The molecule has 0 aliphatic carbocycles. The highest BCUT2D eigenvalue weighted by atomic mass is 16.5. The maximum Gasteiger partial charge on any atom is 0.234 e. The fourth-order valence-electron chi connectivity index (χ4n) is 1.53. The Hall–Kier alpha value is -0.610. The molecule has 96 valence electrons. The van der Waals surface area contributed by atoms with Crippen LogP contribution in [0.1, 0.15) is 41.0 Å². The van der Waals surface area contributed by atoms with Gasteiger partial charge in [-0.1, -0.05) is 0 Å². The molecule has 0 radical (unpaired) electrons. The lowest BCUT2D eigenvalue weighted by molar-refractivity contribution is -0.120. The van der Waals surface area contributed by atoms with Gasteiger partial charge in [0.15, 0.2) is 0 Å². The third-order valence-electron chi connectivity index (χ3n) is 2.41. The molecule has 4 heteroatoms. The highest BCUT2D eigenvalue weighted by molar-refractivity contribution is 5.78. The number of carbonyl (C=O) groups is 1. The van der Waals surface area contributed by atoms with Crippen LogP contribution in [-0.4, -0.2) is 37.2 Å². The zero-order chi connectivity index (χ0) is 12.8. The summed E-state index contributed by atoms with van der Waals surface area (Å²) < 4.78 is 5.34. The van der Waals surface area contributed by atoms with E-state index in [9.17, 15) is 4.79 Å². The van der Waals surface area contributed by atoms with E-state index in [-0.39, 0.29) is 23.6 Å². The van der Waals surface area contributed by atoms with Crippen LogP contribution in [0.15, 0.2) is 0 Å². The summed E-state index contributed by atoms with van der Waals surface area (Å²) in [5.74, 6) is 0.0390. The van der Waals surface area contributed by atoms with Crippen molar-refractivity contribution >= 4 is 5.91 Å². The van der Waals surface area contributed by atoms with Crippen LogP contribution in [0.4, 0.5) is 0 Å². The molecule has 0 rings (SSSR count). The minimum absolute atomic E-state index is 0.0390. The smallest absolute Gasteiger partial charge is 0.234 e. The van der Waals surface area contributed by atoms with E-state index in [1.807, 2.05) is 27.7 Å². The van der Waals surface area contributed by atoms with Gasteiger partial charge in [0.2, 0.25) is 5.91 Å². The Labute approximate surface area is 99.1 Å². The summed E-state index contributed by atoms with van der Waals surface area (Å²) in [7, 11) is 1.71. The molecule has 0 spiro atoms. The van der Waals surface area contributed by atoms with E-state index < -0.39 is 0 Å². The van der Waals surface area contributed by atoms with Gasteiger partial charge in [0.1, 0.15) is 0 Å². The number of amides is 1. The zero-order valence-corrected chi connectivity index (χ0v) is 11.4. The van der Waals surface area contributed by atoms with Gasteiger partial charge in [-0.3, -0.25) is 4.79 Å². The summed E-state index contributed by atoms with van der Waals surface area (Å²) >= 11 is 0. The van der Waals surface area contributed by atoms with Gasteiger partial charge in [-0.15, -0.1) is 0 Å². The van der Waals surface area contributed by atoms with Gasteiger partial charge in [0.05, 0.1) is 12.1 Å². The lowest BCUT2D eigenvalue weighted by Crippen LogP contribution is -2.43. The van der Waals surface area contributed by atoms with Gasteiger partial charge < -0.3 is 15.4 Å². The average Bonchev–Trinajstić information content (AvgIpc) is 2.13. The Morgan fingerprint density at radius 3 is 2.31 bits per heavy atom. The lowest BCUT2D eigenvalue weighted by Gasteiger charge is -2.27. The molecule has 0 aliphatic heterocycles. The van der Waals surface area contributed by atoms with Crippen molar-refractivity contribution in [2.75, 3.05) is 13.7 Å². The standard InChI is InChI=1S/C12H26N2O2/c1-9(2)14-11(15)8-13-10(3)7-12(4,5)16-6/h9-10,13H,7-8H2,1-6H3,(H,14,15)/t10-/m1/s1. The van der Waals surface area contributed by atoms with E-state index in [0.717, 1.165) is 6.42 Å². The maximum atomic E-state index is 11.4. The van der Waals surface area contributed by atoms with Gasteiger partial charge >= 0.3 is 0 Å². The van der Waals surface area contributed by atoms with Crippen molar-refractivity contribution in [2.45, 2.75) is 58.7 Å².